The molecule has 0 saturated carbocycles. The van der Waals surface area contributed by atoms with Crippen LogP contribution in [0.1, 0.15) is 11.1 Å². The van der Waals surface area contributed by atoms with Crippen LogP contribution in [0.15, 0.2) is 71.8 Å². The molecule has 0 atom stereocenters. The highest BCUT2D eigenvalue weighted by atomic mass is 16.5. The first-order valence-electron chi connectivity index (χ1n) is 8.29. The normalized spacial score (nSPS) is 16.6. The fourth-order valence-corrected chi connectivity index (χ4v) is 3.25. The first-order chi connectivity index (χ1) is 13.1. The number of rotatable bonds is 4. The van der Waals surface area contributed by atoms with E-state index in [0.29, 0.717) is 11.1 Å². The SMILES string of the molecule is N#CC1(C#N)OC(C#N)(C#N)C(Cc2ccccc2)=C1Cc1ccccc1. The quantitative estimate of drug-likeness (QED) is 0.786. The molecule has 5 heteroatoms. The van der Waals surface area contributed by atoms with E-state index < -0.39 is 11.2 Å². The lowest BCUT2D eigenvalue weighted by molar-refractivity contribution is 0.0278. The Bertz CT molecular complexity index is 930. The minimum Gasteiger partial charge on any atom is -0.306 e. The Morgan fingerprint density at radius 2 is 0.926 bits per heavy atom. The van der Waals surface area contributed by atoms with E-state index in [4.69, 9.17) is 4.74 Å². The van der Waals surface area contributed by atoms with Crippen molar-refractivity contribution in [3.8, 4) is 24.3 Å². The lowest BCUT2D eigenvalue weighted by atomic mass is 9.83. The molecule has 1 aliphatic heterocycles. The van der Waals surface area contributed by atoms with Crippen molar-refractivity contribution in [2.75, 3.05) is 0 Å². The average molecular weight is 350 g/mol. The Morgan fingerprint density at radius 3 is 1.22 bits per heavy atom. The van der Waals surface area contributed by atoms with Gasteiger partial charge in [-0.3, -0.25) is 0 Å². The van der Waals surface area contributed by atoms with Gasteiger partial charge >= 0.3 is 0 Å². The van der Waals surface area contributed by atoms with Crippen LogP contribution in [-0.2, 0) is 17.6 Å². The van der Waals surface area contributed by atoms with Gasteiger partial charge in [-0.05, 0) is 35.1 Å². The number of nitrogens with zero attached hydrogens (tertiary/aromatic N) is 4. The molecule has 2 aromatic rings. The Balaban J connectivity index is 2.22. The molecule has 0 aromatic heterocycles. The van der Waals surface area contributed by atoms with Crippen molar-refractivity contribution in [2.24, 2.45) is 0 Å². The highest BCUT2D eigenvalue weighted by molar-refractivity contribution is 5.57. The number of hydrogen-bond donors (Lipinski definition) is 0. The molecule has 1 heterocycles. The third kappa shape index (κ3) is 3.05. The largest absolute Gasteiger partial charge is 0.306 e. The minimum atomic E-state index is -1.97. The van der Waals surface area contributed by atoms with Gasteiger partial charge in [0.2, 0.25) is 0 Å². The third-order valence-corrected chi connectivity index (χ3v) is 4.60. The predicted octanol–water partition coefficient (Wildman–Crippen LogP) is 3.37. The van der Waals surface area contributed by atoms with Gasteiger partial charge in [-0.15, -0.1) is 0 Å². The highest BCUT2D eigenvalue weighted by Crippen LogP contribution is 2.45. The maximum atomic E-state index is 9.72. The lowest BCUT2D eigenvalue weighted by Crippen LogP contribution is -2.36. The Labute approximate surface area is 157 Å². The summed E-state index contributed by atoms with van der Waals surface area (Å²) < 4.78 is 5.58. The molecule has 0 radical (unpaired) electrons. The summed E-state index contributed by atoms with van der Waals surface area (Å²) in [5.41, 5.74) is -1.47. The van der Waals surface area contributed by atoms with Crippen LogP contribution in [0.4, 0.5) is 0 Å². The molecule has 0 spiro atoms. The molecule has 128 valence electrons. The molecule has 27 heavy (non-hydrogen) atoms. The molecule has 0 fully saturated rings. The molecule has 0 amide bonds. The molecule has 5 nitrogen and oxygen atoms in total. The fourth-order valence-electron chi connectivity index (χ4n) is 3.25. The third-order valence-electron chi connectivity index (χ3n) is 4.60. The minimum absolute atomic E-state index is 0.245. The van der Waals surface area contributed by atoms with E-state index in [1.54, 1.807) is 0 Å². The number of benzene rings is 2. The molecule has 0 aliphatic carbocycles. The zero-order valence-electron chi connectivity index (χ0n) is 14.4. The van der Waals surface area contributed by atoms with E-state index >= 15 is 0 Å². The Kier molecular flexibility index (Phi) is 4.74. The summed E-state index contributed by atoms with van der Waals surface area (Å²) in [5.74, 6) is 0. The standard InChI is InChI=1S/C22H14N4O/c23-13-21(14-24)19(11-17-7-3-1-4-8-17)20(22(15-25,16-26)27-21)12-18-9-5-2-6-10-18/h1-10H,11-12H2. The van der Waals surface area contributed by atoms with Crippen molar-refractivity contribution in [3.05, 3.63) is 82.9 Å². The van der Waals surface area contributed by atoms with Crippen LogP contribution in [0.25, 0.3) is 0 Å². The van der Waals surface area contributed by atoms with Gasteiger partial charge in [-0.25, -0.2) is 0 Å². The van der Waals surface area contributed by atoms with Crippen LogP contribution in [0.5, 0.6) is 0 Å². The molecule has 0 bridgehead atoms. The van der Waals surface area contributed by atoms with Crippen LogP contribution in [0.3, 0.4) is 0 Å². The average Bonchev–Trinajstić information content (AvgIpc) is 3.00. The summed E-state index contributed by atoms with van der Waals surface area (Å²) in [6.07, 6.45) is 0.491. The van der Waals surface area contributed by atoms with Gasteiger partial charge in [0.05, 0.1) is 0 Å². The second kappa shape index (κ2) is 7.15. The van der Waals surface area contributed by atoms with E-state index in [-0.39, 0.29) is 12.8 Å². The first kappa shape index (κ1) is 17.9. The number of hydrogen-bond acceptors (Lipinski definition) is 5. The summed E-state index contributed by atoms with van der Waals surface area (Å²) in [6.45, 7) is 0. The summed E-state index contributed by atoms with van der Waals surface area (Å²) in [4.78, 5) is 0. The molecule has 1 aliphatic rings. The highest BCUT2D eigenvalue weighted by Gasteiger charge is 2.57. The molecule has 0 unspecified atom stereocenters. The van der Waals surface area contributed by atoms with Gasteiger partial charge in [-0.1, -0.05) is 60.7 Å². The number of ether oxygens (including phenoxy) is 1. The Hall–Kier alpha value is -3.90. The summed E-state index contributed by atoms with van der Waals surface area (Å²) in [7, 11) is 0. The molecule has 2 aromatic carbocycles. The fraction of sp³-hybridized carbons (Fsp3) is 0.182. The topological polar surface area (TPSA) is 104 Å². The van der Waals surface area contributed by atoms with E-state index in [1.165, 1.54) is 0 Å². The summed E-state index contributed by atoms with van der Waals surface area (Å²) in [5, 5.41) is 38.9. The van der Waals surface area contributed by atoms with Gasteiger partial charge in [0.1, 0.15) is 24.3 Å². The molecular weight excluding hydrogens is 336 g/mol. The van der Waals surface area contributed by atoms with Crippen LogP contribution in [0, 0.1) is 45.3 Å². The summed E-state index contributed by atoms with van der Waals surface area (Å²) in [6, 6.07) is 26.2. The van der Waals surface area contributed by atoms with Crippen molar-refractivity contribution in [1.29, 1.82) is 21.0 Å². The van der Waals surface area contributed by atoms with Crippen LogP contribution in [-0.4, -0.2) is 11.2 Å². The second-order valence-corrected chi connectivity index (χ2v) is 6.19. The molecule has 3 rings (SSSR count). The van der Waals surface area contributed by atoms with Gasteiger partial charge in [0, 0.05) is 0 Å². The van der Waals surface area contributed by atoms with Crippen molar-refractivity contribution in [1.82, 2.24) is 0 Å². The van der Waals surface area contributed by atoms with E-state index in [0.717, 1.165) is 11.1 Å². The van der Waals surface area contributed by atoms with Gasteiger partial charge in [0.25, 0.3) is 11.2 Å². The van der Waals surface area contributed by atoms with Crippen molar-refractivity contribution in [2.45, 2.75) is 24.0 Å². The van der Waals surface area contributed by atoms with Crippen LogP contribution < -0.4 is 0 Å². The van der Waals surface area contributed by atoms with E-state index in [2.05, 4.69) is 0 Å². The van der Waals surface area contributed by atoms with Gasteiger partial charge in [0.15, 0.2) is 0 Å². The molecular formula is C22H14N4O. The molecule has 0 N–H and O–H groups in total. The maximum Gasteiger partial charge on any atom is 0.266 e. The Morgan fingerprint density at radius 1 is 0.593 bits per heavy atom. The summed E-state index contributed by atoms with van der Waals surface area (Å²) >= 11 is 0. The predicted molar refractivity (Wildman–Crippen MR) is 96.3 cm³/mol. The zero-order chi connectivity index (χ0) is 19.3. The zero-order valence-corrected chi connectivity index (χ0v) is 14.4. The van der Waals surface area contributed by atoms with Crippen molar-refractivity contribution >= 4 is 0 Å². The van der Waals surface area contributed by atoms with Crippen molar-refractivity contribution in [3.63, 3.8) is 0 Å². The van der Waals surface area contributed by atoms with Crippen LogP contribution in [0.2, 0.25) is 0 Å². The molecule has 0 saturated heterocycles. The smallest absolute Gasteiger partial charge is 0.266 e. The van der Waals surface area contributed by atoms with E-state index in [1.807, 2.05) is 84.9 Å². The lowest BCUT2D eigenvalue weighted by Gasteiger charge is -2.19. The van der Waals surface area contributed by atoms with Crippen LogP contribution >= 0.6 is 0 Å². The van der Waals surface area contributed by atoms with E-state index in [9.17, 15) is 21.0 Å². The monoisotopic (exact) mass is 350 g/mol. The first-order valence-corrected chi connectivity index (χ1v) is 8.29. The number of nitriles is 4. The van der Waals surface area contributed by atoms with Gasteiger partial charge in [-0.2, -0.15) is 21.0 Å². The second-order valence-electron chi connectivity index (χ2n) is 6.19. The maximum absolute atomic E-state index is 9.72. The van der Waals surface area contributed by atoms with Gasteiger partial charge < -0.3 is 4.74 Å². The van der Waals surface area contributed by atoms with Crippen molar-refractivity contribution < 1.29 is 4.74 Å².